The van der Waals surface area contributed by atoms with Crippen molar-refractivity contribution in [1.82, 2.24) is 0 Å². The highest BCUT2D eigenvalue weighted by molar-refractivity contribution is 6.72. The highest BCUT2D eigenvalue weighted by atomic mass is 16.4. The fourth-order valence-corrected chi connectivity index (χ4v) is 0.285. The van der Waals surface area contributed by atoms with Crippen LogP contribution in [0, 0.1) is 0 Å². The lowest BCUT2D eigenvalue weighted by atomic mass is 9.67. The Labute approximate surface area is 43.8 Å². The van der Waals surface area contributed by atoms with Gasteiger partial charge in [-0.3, -0.25) is 4.79 Å². The number of hydrogen-bond donors (Lipinski definition) is 1. The molecule has 0 aliphatic carbocycles. The van der Waals surface area contributed by atoms with Gasteiger partial charge in [0.15, 0.2) is 0 Å². The van der Waals surface area contributed by atoms with Crippen molar-refractivity contribution in [2.45, 2.75) is 19.7 Å². The minimum atomic E-state index is -0.838. The highest BCUT2D eigenvalue weighted by Gasteiger charge is 2.02. The van der Waals surface area contributed by atoms with Crippen LogP contribution in [0.25, 0.3) is 0 Å². The fraction of sp³-hybridized carbons (Fsp3) is 0.750. The van der Waals surface area contributed by atoms with Crippen molar-refractivity contribution >= 4 is 13.1 Å². The lowest BCUT2D eigenvalue weighted by Crippen LogP contribution is -2.07. The van der Waals surface area contributed by atoms with Gasteiger partial charge in [-0.25, -0.2) is 0 Å². The van der Waals surface area contributed by atoms with Crippen LogP contribution < -0.4 is 0 Å². The molecule has 0 aromatic carbocycles. The van der Waals surface area contributed by atoms with E-state index in [2.05, 4.69) is 0 Å². The van der Waals surface area contributed by atoms with Crippen LogP contribution in [0.4, 0.5) is 4.79 Å². The summed E-state index contributed by atoms with van der Waals surface area (Å²) in [6.07, 6.45) is 0. The zero-order chi connectivity index (χ0) is 5.86. The first kappa shape index (κ1) is 6.53. The van der Waals surface area contributed by atoms with E-state index in [4.69, 9.17) is 5.11 Å². The van der Waals surface area contributed by atoms with Crippen molar-refractivity contribution in [2.75, 3.05) is 0 Å². The van der Waals surface area contributed by atoms with Crippen molar-refractivity contribution in [3.63, 3.8) is 0 Å². The molecular formula is C4H8BO2. The van der Waals surface area contributed by atoms with Crippen LogP contribution in [-0.2, 0) is 0 Å². The molecule has 1 radical (unpaired) electrons. The Morgan fingerprint density at radius 2 is 2.14 bits per heavy atom. The summed E-state index contributed by atoms with van der Waals surface area (Å²) in [5.41, 5.74) is 0. The molecule has 0 heterocycles. The van der Waals surface area contributed by atoms with Crippen LogP contribution >= 0.6 is 0 Å². The molecule has 0 aliphatic heterocycles. The van der Waals surface area contributed by atoms with Gasteiger partial charge in [-0.15, -0.1) is 0 Å². The minimum Gasteiger partial charge on any atom is -0.490 e. The Hall–Kier alpha value is -0.465. The first-order valence-corrected chi connectivity index (χ1v) is 2.20. The van der Waals surface area contributed by atoms with Gasteiger partial charge in [0.25, 0.3) is 7.28 Å². The third kappa shape index (κ3) is 5.53. The molecule has 7 heavy (non-hydrogen) atoms. The molecule has 1 N–H and O–H groups in total. The second kappa shape index (κ2) is 2.67. The molecule has 0 amide bonds. The van der Waals surface area contributed by atoms with Gasteiger partial charge in [-0.1, -0.05) is 19.7 Å². The van der Waals surface area contributed by atoms with E-state index in [0.29, 0.717) is 0 Å². The topological polar surface area (TPSA) is 37.3 Å². The maximum atomic E-state index is 9.75. The van der Waals surface area contributed by atoms with Crippen molar-refractivity contribution in [3.05, 3.63) is 0 Å². The molecule has 0 spiro atoms. The van der Waals surface area contributed by atoms with E-state index in [1.165, 1.54) is 7.28 Å². The Balaban J connectivity index is 3.13. The van der Waals surface area contributed by atoms with E-state index >= 15 is 0 Å². The predicted molar refractivity (Wildman–Crippen MR) is 28.9 cm³/mol. The summed E-state index contributed by atoms with van der Waals surface area (Å²) in [4.78, 5) is 9.75. The molecule has 0 unspecified atom stereocenters. The molecule has 0 aromatic rings. The molecule has 0 bridgehead atoms. The number of carboxylic acid groups (broad SMARTS) is 1. The van der Waals surface area contributed by atoms with Crippen LogP contribution in [-0.4, -0.2) is 18.3 Å². The average Bonchev–Trinajstić information content (AvgIpc) is 1.27. The zero-order valence-corrected chi connectivity index (χ0v) is 4.51. The molecule has 2 nitrogen and oxygen atoms in total. The normalized spacial score (nSPS) is 9.00. The van der Waals surface area contributed by atoms with Gasteiger partial charge >= 0.3 is 0 Å². The molecule has 0 saturated carbocycles. The lowest BCUT2D eigenvalue weighted by molar-refractivity contribution is 0.219. The quantitative estimate of drug-likeness (QED) is 0.528. The van der Waals surface area contributed by atoms with Gasteiger partial charge in [0.1, 0.15) is 0 Å². The average molecular weight is 98.9 g/mol. The molecular weight excluding hydrogens is 90.9 g/mol. The highest BCUT2D eigenvalue weighted by Crippen LogP contribution is 1.95. The van der Waals surface area contributed by atoms with E-state index in [1.807, 2.05) is 13.8 Å². The second-order valence-electron chi connectivity index (χ2n) is 1.75. The van der Waals surface area contributed by atoms with Crippen LogP contribution in [0.2, 0.25) is 5.82 Å². The van der Waals surface area contributed by atoms with Crippen LogP contribution in [0.1, 0.15) is 13.8 Å². The van der Waals surface area contributed by atoms with Crippen molar-refractivity contribution in [2.24, 2.45) is 0 Å². The fourth-order valence-electron chi connectivity index (χ4n) is 0.285. The van der Waals surface area contributed by atoms with Crippen molar-refractivity contribution in [1.29, 1.82) is 0 Å². The molecule has 3 heteroatoms. The van der Waals surface area contributed by atoms with E-state index in [1.54, 1.807) is 0 Å². The first-order chi connectivity index (χ1) is 3.13. The summed E-state index contributed by atoms with van der Waals surface area (Å²) < 4.78 is 0. The molecule has 0 saturated heterocycles. The van der Waals surface area contributed by atoms with Crippen molar-refractivity contribution in [3.8, 4) is 0 Å². The Kier molecular flexibility index (Phi) is 2.49. The minimum absolute atomic E-state index is 0.150. The monoisotopic (exact) mass is 99.1 g/mol. The SMILES string of the molecule is CC(C)[B]C(=O)O. The largest absolute Gasteiger partial charge is 0.490 e. The third-order valence-electron chi connectivity index (χ3n) is 0.476. The second-order valence-corrected chi connectivity index (χ2v) is 1.75. The van der Waals surface area contributed by atoms with Gasteiger partial charge in [0, 0.05) is 0 Å². The van der Waals surface area contributed by atoms with Crippen LogP contribution in [0.5, 0.6) is 0 Å². The number of hydrogen-bond acceptors (Lipinski definition) is 1. The maximum Gasteiger partial charge on any atom is 0.263 e. The number of carbonyl (C=O) groups is 1. The molecule has 39 valence electrons. The van der Waals surface area contributed by atoms with Crippen LogP contribution in [0.15, 0.2) is 0 Å². The summed E-state index contributed by atoms with van der Waals surface area (Å²) in [6, 6.07) is 0. The van der Waals surface area contributed by atoms with E-state index < -0.39 is 5.87 Å². The Morgan fingerprint density at radius 1 is 1.71 bits per heavy atom. The summed E-state index contributed by atoms with van der Waals surface area (Å²) in [7, 11) is 1.25. The zero-order valence-electron chi connectivity index (χ0n) is 4.51. The summed E-state index contributed by atoms with van der Waals surface area (Å²) in [5.74, 6) is -0.688. The van der Waals surface area contributed by atoms with Gasteiger partial charge in [-0.2, -0.15) is 0 Å². The predicted octanol–water partition coefficient (Wildman–Crippen LogP) is 1.20. The summed E-state index contributed by atoms with van der Waals surface area (Å²) >= 11 is 0. The van der Waals surface area contributed by atoms with Gasteiger partial charge in [0.05, 0.1) is 0 Å². The smallest absolute Gasteiger partial charge is 0.263 e. The molecule has 0 rings (SSSR count). The van der Waals surface area contributed by atoms with E-state index in [9.17, 15) is 4.79 Å². The number of rotatable bonds is 2. The molecule has 0 aliphatic rings. The van der Waals surface area contributed by atoms with Gasteiger partial charge in [0.2, 0.25) is 5.87 Å². The Morgan fingerprint density at radius 3 is 2.14 bits per heavy atom. The first-order valence-electron chi connectivity index (χ1n) is 2.20. The van der Waals surface area contributed by atoms with Crippen LogP contribution in [0.3, 0.4) is 0 Å². The lowest BCUT2D eigenvalue weighted by Gasteiger charge is -1.91. The summed E-state index contributed by atoms with van der Waals surface area (Å²) in [5, 5.41) is 8.03. The van der Waals surface area contributed by atoms with Crippen molar-refractivity contribution < 1.29 is 9.90 Å². The van der Waals surface area contributed by atoms with Gasteiger partial charge in [-0.05, 0) is 0 Å². The van der Waals surface area contributed by atoms with E-state index in [0.717, 1.165) is 0 Å². The Bertz CT molecular complexity index is 70.1. The standard InChI is InChI=1S/C4H8BO2/c1-3(2)5-4(6)7/h3H,1-2H3,(H,6,7). The maximum absolute atomic E-state index is 9.75. The molecule has 0 fully saturated rings. The summed E-state index contributed by atoms with van der Waals surface area (Å²) in [6.45, 7) is 3.66. The third-order valence-corrected chi connectivity index (χ3v) is 0.476. The molecule has 0 aromatic heterocycles. The van der Waals surface area contributed by atoms with E-state index in [-0.39, 0.29) is 5.82 Å². The van der Waals surface area contributed by atoms with Gasteiger partial charge < -0.3 is 5.11 Å². The molecule has 0 atom stereocenters.